The monoisotopic (exact) mass is 433 g/mol. The van der Waals surface area contributed by atoms with E-state index in [0.29, 0.717) is 29.4 Å². The fourth-order valence-electron chi connectivity index (χ4n) is 3.44. The van der Waals surface area contributed by atoms with Crippen molar-refractivity contribution in [2.75, 3.05) is 31.5 Å². The molecular formula is C22H27N9O. The molecule has 0 saturated carbocycles. The number of H-pyrrole nitrogens is 1. The van der Waals surface area contributed by atoms with Gasteiger partial charge in [-0.05, 0) is 44.3 Å². The summed E-state index contributed by atoms with van der Waals surface area (Å²) in [5.41, 5.74) is 2.82. The third-order valence-electron chi connectivity index (χ3n) is 5.27. The average Bonchev–Trinajstić information content (AvgIpc) is 3.47. The number of fused-ring (bicyclic) bond motifs is 1. The Morgan fingerprint density at radius 2 is 1.94 bits per heavy atom. The van der Waals surface area contributed by atoms with Gasteiger partial charge in [0, 0.05) is 36.7 Å². The Hall–Kier alpha value is -3.79. The molecule has 10 nitrogen and oxygen atoms in total. The quantitative estimate of drug-likeness (QED) is 0.372. The van der Waals surface area contributed by atoms with Crippen molar-refractivity contribution >= 4 is 23.1 Å². The van der Waals surface area contributed by atoms with E-state index >= 15 is 0 Å². The lowest BCUT2D eigenvalue weighted by Gasteiger charge is -2.18. The van der Waals surface area contributed by atoms with Crippen LogP contribution in [0.25, 0.3) is 17.2 Å². The first-order valence-corrected chi connectivity index (χ1v) is 10.7. The van der Waals surface area contributed by atoms with Crippen LogP contribution in [0.1, 0.15) is 30.0 Å². The Bertz CT molecular complexity index is 1190. The molecule has 0 aliphatic carbocycles. The summed E-state index contributed by atoms with van der Waals surface area (Å²) < 4.78 is 1.88. The summed E-state index contributed by atoms with van der Waals surface area (Å²) in [5, 5.41) is 13.3. The van der Waals surface area contributed by atoms with Crippen LogP contribution in [0, 0.1) is 6.92 Å². The molecule has 32 heavy (non-hydrogen) atoms. The maximum absolute atomic E-state index is 12.4. The number of benzene rings is 1. The van der Waals surface area contributed by atoms with Gasteiger partial charge in [-0.1, -0.05) is 13.8 Å². The Kier molecular flexibility index (Phi) is 6.41. The molecular weight excluding hydrogens is 406 g/mol. The zero-order chi connectivity index (χ0) is 22.5. The van der Waals surface area contributed by atoms with E-state index in [1.54, 1.807) is 24.5 Å². The first kappa shape index (κ1) is 21.4. The first-order chi connectivity index (χ1) is 15.6. The fourth-order valence-corrected chi connectivity index (χ4v) is 3.44. The lowest BCUT2D eigenvalue weighted by molar-refractivity contribution is 0.0949. The van der Waals surface area contributed by atoms with Crippen LogP contribution in [0.4, 0.5) is 11.5 Å². The normalized spacial score (nSPS) is 11.2. The number of nitrogens with one attached hydrogen (secondary N) is 3. The number of amides is 1. The van der Waals surface area contributed by atoms with E-state index in [1.807, 2.05) is 29.7 Å². The van der Waals surface area contributed by atoms with E-state index in [9.17, 15) is 4.79 Å². The predicted octanol–water partition coefficient (Wildman–Crippen LogP) is 2.64. The number of carbonyl (C=O) groups excluding carboxylic acids is 1. The van der Waals surface area contributed by atoms with Crippen LogP contribution in [-0.2, 0) is 0 Å². The van der Waals surface area contributed by atoms with Crippen LogP contribution in [0.15, 0.2) is 42.9 Å². The second-order valence-corrected chi connectivity index (χ2v) is 7.34. The number of aromatic amines is 1. The van der Waals surface area contributed by atoms with Crippen LogP contribution in [-0.4, -0.2) is 66.5 Å². The van der Waals surface area contributed by atoms with Gasteiger partial charge in [0.1, 0.15) is 11.5 Å². The summed E-state index contributed by atoms with van der Waals surface area (Å²) in [7, 11) is 0. The summed E-state index contributed by atoms with van der Waals surface area (Å²) >= 11 is 0. The highest BCUT2D eigenvalue weighted by atomic mass is 16.1. The van der Waals surface area contributed by atoms with Gasteiger partial charge in [-0.25, -0.2) is 15.0 Å². The van der Waals surface area contributed by atoms with Gasteiger partial charge in [-0.2, -0.15) is 5.10 Å². The molecule has 0 spiro atoms. The van der Waals surface area contributed by atoms with Crippen LogP contribution in [0.5, 0.6) is 0 Å². The molecule has 1 aromatic carbocycles. The molecule has 3 aromatic heterocycles. The van der Waals surface area contributed by atoms with Crippen molar-refractivity contribution in [3.63, 3.8) is 0 Å². The third kappa shape index (κ3) is 4.59. The maximum Gasteiger partial charge on any atom is 0.251 e. The van der Waals surface area contributed by atoms with Crippen molar-refractivity contribution in [2.24, 2.45) is 0 Å². The van der Waals surface area contributed by atoms with Crippen LogP contribution in [0.2, 0.25) is 0 Å². The highest BCUT2D eigenvalue weighted by Crippen LogP contribution is 2.23. The molecule has 0 saturated heterocycles. The molecule has 3 heterocycles. The van der Waals surface area contributed by atoms with Gasteiger partial charge in [0.15, 0.2) is 17.3 Å². The molecule has 0 bridgehead atoms. The molecule has 0 aliphatic heterocycles. The molecule has 0 radical (unpaired) electrons. The molecule has 4 rings (SSSR count). The molecule has 0 aliphatic rings. The summed E-state index contributed by atoms with van der Waals surface area (Å²) in [4.78, 5) is 28.0. The zero-order valence-corrected chi connectivity index (χ0v) is 18.5. The van der Waals surface area contributed by atoms with Crippen molar-refractivity contribution in [3.8, 4) is 11.5 Å². The SMILES string of the molecule is CCN(CC)CCNC(=O)c1ccc(Nc2ncc(-c3n[nH]c(C)n3)n3ccnc23)cc1. The molecule has 0 fully saturated rings. The van der Waals surface area contributed by atoms with Gasteiger partial charge in [-0.15, -0.1) is 0 Å². The Labute approximate surface area is 186 Å². The van der Waals surface area contributed by atoms with E-state index in [2.05, 4.69) is 54.5 Å². The average molecular weight is 434 g/mol. The number of aromatic nitrogens is 6. The fraction of sp³-hybridized carbons (Fsp3) is 0.318. The number of nitrogens with zero attached hydrogens (tertiary/aromatic N) is 6. The Morgan fingerprint density at radius 3 is 2.62 bits per heavy atom. The minimum Gasteiger partial charge on any atom is -0.351 e. The molecule has 4 aromatic rings. The first-order valence-electron chi connectivity index (χ1n) is 10.7. The highest BCUT2D eigenvalue weighted by Gasteiger charge is 2.14. The number of aryl methyl sites for hydroxylation is 1. The number of imidazole rings is 1. The topological polar surface area (TPSA) is 116 Å². The minimum absolute atomic E-state index is 0.0800. The Morgan fingerprint density at radius 1 is 1.16 bits per heavy atom. The van der Waals surface area contributed by atoms with E-state index in [1.165, 1.54) is 0 Å². The number of rotatable bonds is 9. The minimum atomic E-state index is -0.0800. The largest absolute Gasteiger partial charge is 0.351 e. The Balaban J connectivity index is 1.45. The second-order valence-electron chi connectivity index (χ2n) is 7.34. The van der Waals surface area contributed by atoms with Gasteiger partial charge in [-0.3, -0.25) is 14.3 Å². The van der Waals surface area contributed by atoms with Crippen molar-refractivity contribution in [3.05, 3.63) is 54.2 Å². The van der Waals surface area contributed by atoms with E-state index < -0.39 is 0 Å². The summed E-state index contributed by atoms with van der Waals surface area (Å²) in [6.07, 6.45) is 5.25. The summed E-state index contributed by atoms with van der Waals surface area (Å²) in [5.74, 6) is 1.81. The smallest absolute Gasteiger partial charge is 0.251 e. The third-order valence-corrected chi connectivity index (χ3v) is 5.27. The standard InChI is InChI=1S/C22H27N9O/c1-4-30(5-2)12-10-24-22(32)16-6-8-17(9-7-16)27-20-21-23-11-13-31(21)18(14-25-20)19-26-15(3)28-29-19/h6-9,11,13-14H,4-5,10,12H2,1-3H3,(H,24,32)(H,25,27)(H,26,28,29). The molecule has 0 atom stereocenters. The lowest BCUT2D eigenvalue weighted by atomic mass is 10.2. The number of hydrogen-bond donors (Lipinski definition) is 3. The summed E-state index contributed by atoms with van der Waals surface area (Å²) in [6.45, 7) is 9.50. The van der Waals surface area contributed by atoms with E-state index in [0.717, 1.165) is 36.8 Å². The predicted molar refractivity (Wildman–Crippen MR) is 123 cm³/mol. The lowest BCUT2D eigenvalue weighted by Crippen LogP contribution is -2.34. The molecule has 0 unspecified atom stereocenters. The number of carbonyl (C=O) groups is 1. The number of likely N-dealkylation sites (N-methyl/N-ethyl adjacent to an activating group) is 1. The van der Waals surface area contributed by atoms with Crippen molar-refractivity contribution in [2.45, 2.75) is 20.8 Å². The number of hydrogen-bond acceptors (Lipinski definition) is 7. The summed E-state index contributed by atoms with van der Waals surface area (Å²) in [6, 6.07) is 7.30. The van der Waals surface area contributed by atoms with Gasteiger partial charge in [0.2, 0.25) is 0 Å². The molecule has 10 heteroatoms. The van der Waals surface area contributed by atoms with Gasteiger partial charge >= 0.3 is 0 Å². The van der Waals surface area contributed by atoms with Crippen molar-refractivity contribution in [1.29, 1.82) is 0 Å². The van der Waals surface area contributed by atoms with Crippen LogP contribution in [0.3, 0.4) is 0 Å². The number of anilines is 2. The van der Waals surface area contributed by atoms with Gasteiger partial charge in [0.05, 0.1) is 6.20 Å². The van der Waals surface area contributed by atoms with E-state index in [-0.39, 0.29) is 5.91 Å². The highest BCUT2D eigenvalue weighted by molar-refractivity contribution is 5.94. The second kappa shape index (κ2) is 9.56. The van der Waals surface area contributed by atoms with Crippen molar-refractivity contribution in [1.82, 2.24) is 39.8 Å². The molecule has 166 valence electrons. The maximum atomic E-state index is 12.4. The van der Waals surface area contributed by atoms with Crippen LogP contribution < -0.4 is 10.6 Å². The van der Waals surface area contributed by atoms with E-state index in [4.69, 9.17) is 0 Å². The molecule has 1 amide bonds. The zero-order valence-electron chi connectivity index (χ0n) is 18.5. The van der Waals surface area contributed by atoms with Crippen LogP contribution >= 0.6 is 0 Å². The van der Waals surface area contributed by atoms with Gasteiger partial charge < -0.3 is 15.5 Å². The van der Waals surface area contributed by atoms with Crippen molar-refractivity contribution < 1.29 is 4.79 Å². The molecule has 3 N–H and O–H groups in total. The van der Waals surface area contributed by atoms with Gasteiger partial charge in [0.25, 0.3) is 5.91 Å².